The SMILES string of the molecule is COc1ccccc1OCCC(N)c1ccccc1. The van der Waals surface area contributed by atoms with Gasteiger partial charge in [0.15, 0.2) is 11.5 Å². The van der Waals surface area contributed by atoms with Gasteiger partial charge >= 0.3 is 0 Å². The third-order valence-electron chi connectivity index (χ3n) is 2.98. The van der Waals surface area contributed by atoms with Crippen LogP contribution in [0.15, 0.2) is 54.6 Å². The topological polar surface area (TPSA) is 44.5 Å². The van der Waals surface area contributed by atoms with E-state index in [0.29, 0.717) is 6.61 Å². The van der Waals surface area contributed by atoms with E-state index in [2.05, 4.69) is 0 Å². The van der Waals surface area contributed by atoms with Crippen LogP contribution in [0, 0.1) is 0 Å². The molecule has 0 aliphatic heterocycles. The highest BCUT2D eigenvalue weighted by molar-refractivity contribution is 5.39. The number of para-hydroxylation sites is 2. The Morgan fingerprint density at radius 2 is 1.58 bits per heavy atom. The van der Waals surface area contributed by atoms with E-state index in [9.17, 15) is 0 Å². The first kappa shape index (κ1) is 13.4. The summed E-state index contributed by atoms with van der Waals surface area (Å²) in [6, 6.07) is 17.7. The molecule has 0 bridgehead atoms. The Kier molecular flexibility index (Phi) is 4.81. The Labute approximate surface area is 114 Å². The number of hydrogen-bond acceptors (Lipinski definition) is 3. The van der Waals surface area contributed by atoms with Crippen molar-refractivity contribution in [2.75, 3.05) is 13.7 Å². The highest BCUT2D eigenvalue weighted by atomic mass is 16.5. The highest BCUT2D eigenvalue weighted by Gasteiger charge is 2.07. The van der Waals surface area contributed by atoms with Gasteiger partial charge in [-0.25, -0.2) is 0 Å². The second kappa shape index (κ2) is 6.81. The molecule has 1 atom stereocenters. The summed E-state index contributed by atoms with van der Waals surface area (Å²) in [5.41, 5.74) is 7.25. The van der Waals surface area contributed by atoms with E-state index in [0.717, 1.165) is 23.5 Å². The molecule has 0 fully saturated rings. The molecule has 3 nitrogen and oxygen atoms in total. The third-order valence-corrected chi connectivity index (χ3v) is 2.98. The Morgan fingerprint density at radius 3 is 2.26 bits per heavy atom. The number of methoxy groups -OCH3 is 1. The largest absolute Gasteiger partial charge is 0.493 e. The van der Waals surface area contributed by atoms with Gasteiger partial charge in [0.05, 0.1) is 13.7 Å². The van der Waals surface area contributed by atoms with Crippen molar-refractivity contribution in [2.45, 2.75) is 12.5 Å². The fraction of sp³-hybridized carbons (Fsp3) is 0.250. The number of benzene rings is 2. The van der Waals surface area contributed by atoms with E-state index in [1.807, 2.05) is 54.6 Å². The molecule has 100 valence electrons. The fourth-order valence-corrected chi connectivity index (χ4v) is 1.90. The van der Waals surface area contributed by atoms with Gasteiger partial charge in [0, 0.05) is 12.5 Å². The van der Waals surface area contributed by atoms with Crippen LogP contribution in [0.5, 0.6) is 11.5 Å². The molecule has 0 heterocycles. The number of nitrogens with two attached hydrogens (primary N) is 1. The van der Waals surface area contributed by atoms with Crippen molar-refractivity contribution >= 4 is 0 Å². The van der Waals surface area contributed by atoms with Crippen LogP contribution < -0.4 is 15.2 Å². The maximum absolute atomic E-state index is 6.12. The molecule has 0 saturated heterocycles. The average Bonchev–Trinajstić information content (AvgIpc) is 2.48. The number of ether oxygens (including phenoxy) is 2. The van der Waals surface area contributed by atoms with Gasteiger partial charge in [-0.15, -0.1) is 0 Å². The summed E-state index contributed by atoms with van der Waals surface area (Å²) in [6.07, 6.45) is 0.766. The predicted molar refractivity (Wildman–Crippen MR) is 76.5 cm³/mol. The van der Waals surface area contributed by atoms with Crippen LogP contribution in [0.25, 0.3) is 0 Å². The minimum absolute atomic E-state index is 0.00379. The monoisotopic (exact) mass is 257 g/mol. The van der Waals surface area contributed by atoms with Gasteiger partial charge in [0.25, 0.3) is 0 Å². The minimum atomic E-state index is -0.00379. The smallest absolute Gasteiger partial charge is 0.161 e. The average molecular weight is 257 g/mol. The number of rotatable bonds is 6. The summed E-state index contributed by atoms with van der Waals surface area (Å²) in [5, 5.41) is 0. The van der Waals surface area contributed by atoms with E-state index in [-0.39, 0.29) is 6.04 Å². The Morgan fingerprint density at radius 1 is 0.947 bits per heavy atom. The summed E-state index contributed by atoms with van der Waals surface area (Å²) in [4.78, 5) is 0. The maximum atomic E-state index is 6.12. The van der Waals surface area contributed by atoms with E-state index in [4.69, 9.17) is 15.2 Å². The maximum Gasteiger partial charge on any atom is 0.161 e. The molecule has 0 spiro atoms. The van der Waals surface area contributed by atoms with Crippen molar-refractivity contribution in [3.8, 4) is 11.5 Å². The molecule has 0 saturated carbocycles. The minimum Gasteiger partial charge on any atom is -0.493 e. The molecular formula is C16H19NO2. The molecule has 2 rings (SSSR count). The van der Waals surface area contributed by atoms with Crippen LogP contribution in [-0.2, 0) is 0 Å². The first-order chi connectivity index (χ1) is 9.31. The van der Waals surface area contributed by atoms with Crippen molar-refractivity contribution < 1.29 is 9.47 Å². The van der Waals surface area contributed by atoms with Crippen molar-refractivity contribution in [2.24, 2.45) is 5.73 Å². The normalized spacial score (nSPS) is 11.9. The summed E-state index contributed by atoms with van der Waals surface area (Å²) in [6.45, 7) is 0.566. The summed E-state index contributed by atoms with van der Waals surface area (Å²) in [7, 11) is 1.64. The van der Waals surface area contributed by atoms with Gasteiger partial charge < -0.3 is 15.2 Å². The first-order valence-electron chi connectivity index (χ1n) is 6.37. The second-order valence-electron chi connectivity index (χ2n) is 4.31. The molecule has 3 heteroatoms. The molecule has 0 amide bonds. The highest BCUT2D eigenvalue weighted by Crippen LogP contribution is 2.26. The van der Waals surface area contributed by atoms with E-state index in [1.54, 1.807) is 7.11 Å². The zero-order valence-corrected chi connectivity index (χ0v) is 11.1. The zero-order chi connectivity index (χ0) is 13.5. The first-order valence-corrected chi connectivity index (χ1v) is 6.37. The van der Waals surface area contributed by atoms with Gasteiger partial charge in [-0.3, -0.25) is 0 Å². The van der Waals surface area contributed by atoms with E-state index >= 15 is 0 Å². The van der Waals surface area contributed by atoms with Crippen LogP contribution >= 0.6 is 0 Å². The van der Waals surface area contributed by atoms with Crippen molar-refractivity contribution in [1.82, 2.24) is 0 Å². The van der Waals surface area contributed by atoms with Crippen LogP contribution in [0.3, 0.4) is 0 Å². The molecule has 2 aromatic rings. The molecular weight excluding hydrogens is 238 g/mol. The van der Waals surface area contributed by atoms with E-state index < -0.39 is 0 Å². The zero-order valence-electron chi connectivity index (χ0n) is 11.1. The Bertz CT molecular complexity index is 499. The quantitative estimate of drug-likeness (QED) is 0.864. The lowest BCUT2D eigenvalue weighted by molar-refractivity contribution is 0.280. The molecule has 0 aliphatic carbocycles. The summed E-state index contributed by atoms with van der Waals surface area (Å²) in [5.74, 6) is 1.50. The summed E-state index contributed by atoms with van der Waals surface area (Å²) < 4.78 is 10.9. The standard InChI is InChI=1S/C16H19NO2/c1-18-15-9-5-6-10-16(15)19-12-11-14(17)13-7-3-2-4-8-13/h2-10,14H,11-12,17H2,1H3. The molecule has 0 radical (unpaired) electrons. The van der Waals surface area contributed by atoms with Gasteiger partial charge in [-0.2, -0.15) is 0 Å². The van der Waals surface area contributed by atoms with Gasteiger partial charge in [-0.1, -0.05) is 42.5 Å². The molecule has 2 N–H and O–H groups in total. The van der Waals surface area contributed by atoms with Crippen LogP contribution in [0.2, 0.25) is 0 Å². The molecule has 1 unspecified atom stereocenters. The van der Waals surface area contributed by atoms with Crippen LogP contribution in [-0.4, -0.2) is 13.7 Å². The second-order valence-corrected chi connectivity index (χ2v) is 4.31. The molecule has 19 heavy (non-hydrogen) atoms. The number of hydrogen-bond donors (Lipinski definition) is 1. The lowest BCUT2D eigenvalue weighted by Crippen LogP contribution is -2.14. The van der Waals surface area contributed by atoms with Crippen molar-refractivity contribution in [3.05, 3.63) is 60.2 Å². The summed E-state index contributed by atoms with van der Waals surface area (Å²) >= 11 is 0. The Hall–Kier alpha value is -2.00. The van der Waals surface area contributed by atoms with Gasteiger partial charge in [0.1, 0.15) is 0 Å². The van der Waals surface area contributed by atoms with Crippen LogP contribution in [0.4, 0.5) is 0 Å². The van der Waals surface area contributed by atoms with Gasteiger partial charge in [-0.05, 0) is 17.7 Å². The van der Waals surface area contributed by atoms with Crippen LogP contribution in [0.1, 0.15) is 18.0 Å². The van der Waals surface area contributed by atoms with Gasteiger partial charge in [0.2, 0.25) is 0 Å². The lowest BCUT2D eigenvalue weighted by Gasteiger charge is -2.14. The van der Waals surface area contributed by atoms with E-state index in [1.165, 1.54) is 0 Å². The fourth-order valence-electron chi connectivity index (χ4n) is 1.90. The molecule has 2 aromatic carbocycles. The van der Waals surface area contributed by atoms with Crippen molar-refractivity contribution in [3.63, 3.8) is 0 Å². The predicted octanol–water partition coefficient (Wildman–Crippen LogP) is 3.16. The third kappa shape index (κ3) is 3.73. The molecule has 0 aromatic heterocycles. The molecule has 0 aliphatic rings. The Balaban J connectivity index is 1.87. The lowest BCUT2D eigenvalue weighted by atomic mass is 10.1. The van der Waals surface area contributed by atoms with Crippen molar-refractivity contribution in [1.29, 1.82) is 0 Å².